The molecule has 84 valence electrons. The van der Waals surface area contributed by atoms with E-state index in [1.807, 2.05) is 36.4 Å². The summed E-state index contributed by atoms with van der Waals surface area (Å²) in [7, 11) is 1.42. The van der Waals surface area contributed by atoms with E-state index in [2.05, 4.69) is 5.32 Å². The molecule has 0 amide bonds. The van der Waals surface area contributed by atoms with Gasteiger partial charge in [-0.3, -0.25) is 0 Å². The van der Waals surface area contributed by atoms with E-state index in [-0.39, 0.29) is 12.0 Å². The van der Waals surface area contributed by atoms with Crippen LogP contribution in [0.5, 0.6) is 0 Å². The van der Waals surface area contributed by atoms with Gasteiger partial charge in [-0.25, -0.2) is 4.79 Å². The van der Waals surface area contributed by atoms with Gasteiger partial charge in [0.25, 0.3) is 0 Å². The van der Waals surface area contributed by atoms with E-state index in [9.17, 15) is 4.79 Å². The molecular formula is C13H15NO2. The third kappa shape index (κ3) is 2.31. The zero-order chi connectivity index (χ0) is 11.4. The van der Waals surface area contributed by atoms with E-state index in [0.29, 0.717) is 0 Å². The maximum absolute atomic E-state index is 11.4. The minimum Gasteiger partial charge on any atom is -0.466 e. The fraction of sp³-hybridized carbons (Fsp3) is 0.308. The number of carbonyl (C=O) groups is 1. The Kier molecular flexibility index (Phi) is 3.37. The van der Waals surface area contributed by atoms with Crippen LogP contribution < -0.4 is 5.32 Å². The average molecular weight is 217 g/mol. The van der Waals surface area contributed by atoms with Gasteiger partial charge < -0.3 is 10.1 Å². The Morgan fingerprint density at radius 2 is 2.12 bits per heavy atom. The smallest absolute Gasteiger partial charge is 0.333 e. The fourth-order valence-electron chi connectivity index (χ4n) is 1.88. The van der Waals surface area contributed by atoms with E-state index in [1.54, 1.807) is 0 Å². The quantitative estimate of drug-likeness (QED) is 0.768. The van der Waals surface area contributed by atoms with Gasteiger partial charge in [0, 0.05) is 12.1 Å². The summed E-state index contributed by atoms with van der Waals surface area (Å²) in [5, 5.41) is 3.36. The van der Waals surface area contributed by atoms with Crippen molar-refractivity contribution in [3.05, 3.63) is 47.5 Å². The third-order valence-electron chi connectivity index (χ3n) is 2.73. The molecule has 0 bridgehead atoms. The van der Waals surface area contributed by atoms with E-state index in [1.165, 1.54) is 12.7 Å². The summed E-state index contributed by atoms with van der Waals surface area (Å²) in [6, 6.07) is 10.2. The number of methoxy groups -OCH3 is 1. The lowest BCUT2D eigenvalue weighted by Gasteiger charge is -2.22. The van der Waals surface area contributed by atoms with E-state index >= 15 is 0 Å². The molecule has 0 spiro atoms. The number of esters is 1. The van der Waals surface area contributed by atoms with Crippen molar-refractivity contribution < 1.29 is 9.53 Å². The van der Waals surface area contributed by atoms with Crippen molar-refractivity contribution >= 4 is 5.97 Å². The third-order valence-corrected chi connectivity index (χ3v) is 2.73. The number of carbonyl (C=O) groups excluding carboxylic acids is 1. The molecule has 1 aliphatic heterocycles. The van der Waals surface area contributed by atoms with Gasteiger partial charge in [0.15, 0.2) is 0 Å². The van der Waals surface area contributed by atoms with Crippen LogP contribution >= 0.6 is 0 Å². The Morgan fingerprint density at radius 3 is 2.81 bits per heavy atom. The number of benzene rings is 1. The van der Waals surface area contributed by atoms with Gasteiger partial charge in [0.1, 0.15) is 0 Å². The van der Waals surface area contributed by atoms with E-state index in [0.717, 1.165) is 18.5 Å². The molecule has 0 fully saturated rings. The molecule has 1 unspecified atom stereocenters. The number of nitrogens with one attached hydrogen (secondary N) is 1. The number of hydrogen-bond acceptors (Lipinski definition) is 3. The molecule has 1 heterocycles. The molecule has 0 saturated heterocycles. The van der Waals surface area contributed by atoms with Crippen LogP contribution in [0, 0.1) is 0 Å². The normalized spacial score (nSPS) is 20.1. The topological polar surface area (TPSA) is 38.3 Å². The number of hydrogen-bond donors (Lipinski definition) is 1. The minimum absolute atomic E-state index is 0.115. The summed E-state index contributed by atoms with van der Waals surface area (Å²) < 4.78 is 4.74. The Hall–Kier alpha value is -1.61. The molecule has 1 atom stereocenters. The molecule has 16 heavy (non-hydrogen) atoms. The Morgan fingerprint density at radius 1 is 1.38 bits per heavy atom. The van der Waals surface area contributed by atoms with Crippen molar-refractivity contribution in [2.75, 3.05) is 13.7 Å². The van der Waals surface area contributed by atoms with Crippen molar-refractivity contribution in [2.24, 2.45) is 0 Å². The molecule has 3 heteroatoms. The maximum atomic E-state index is 11.4. The molecule has 1 N–H and O–H groups in total. The average Bonchev–Trinajstić information content (AvgIpc) is 2.39. The van der Waals surface area contributed by atoms with Crippen LogP contribution in [-0.2, 0) is 9.53 Å². The SMILES string of the molecule is COC(=O)C1=CC(c2ccccc2)NCC1. The fourth-order valence-corrected chi connectivity index (χ4v) is 1.88. The standard InChI is InChI=1S/C13H15NO2/c1-16-13(15)11-7-8-14-12(9-11)10-5-3-2-4-6-10/h2-6,9,12,14H,7-8H2,1H3. The van der Waals surface area contributed by atoms with Crippen LogP contribution in [0.1, 0.15) is 18.0 Å². The highest BCUT2D eigenvalue weighted by molar-refractivity contribution is 5.88. The van der Waals surface area contributed by atoms with Crippen LogP contribution in [0.15, 0.2) is 42.0 Å². The van der Waals surface area contributed by atoms with Gasteiger partial charge in [-0.15, -0.1) is 0 Å². The zero-order valence-corrected chi connectivity index (χ0v) is 9.27. The van der Waals surface area contributed by atoms with Gasteiger partial charge in [-0.1, -0.05) is 36.4 Å². The molecular weight excluding hydrogens is 202 g/mol. The second-order valence-corrected chi connectivity index (χ2v) is 3.78. The second-order valence-electron chi connectivity index (χ2n) is 3.78. The van der Waals surface area contributed by atoms with Crippen LogP contribution in [0.3, 0.4) is 0 Å². The molecule has 1 aromatic carbocycles. The maximum Gasteiger partial charge on any atom is 0.333 e. The number of rotatable bonds is 2. The Balaban J connectivity index is 2.21. The van der Waals surface area contributed by atoms with Gasteiger partial charge in [-0.2, -0.15) is 0 Å². The monoisotopic (exact) mass is 217 g/mol. The van der Waals surface area contributed by atoms with Gasteiger partial charge in [0.05, 0.1) is 13.2 Å². The van der Waals surface area contributed by atoms with E-state index in [4.69, 9.17) is 4.74 Å². The van der Waals surface area contributed by atoms with Crippen LogP contribution in [-0.4, -0.2) is 19.6 Å². The first-order valence-corrected chi connectivity index (χ1v) is 5.38. The molecule has 0 radical (unpaired) electrons. The van der Waals surface area contributed by atoms with Crippen molar-refractivity contribution in [1.82, 2.24) is 5.32 Å². The number of ether oxygens (including phenoxy) is 1. The van der Waals surface area contributed by atoms with Crippen molar-refractivity contribution in [1.29, 1.82) is 0 Å². The van der Waals surface area contributed by atoms with Crippen molar-refractivity contribution in [2.45, 2.75) is 12.5 Å². The first-order chi connectivity index (χ1) is 7.81. The highest BCUT2D eigenvalue weighted by Gasteiger charge is 2.18. The highest BCUT2D eigenvalue weighted by Crippen LogP contribution is 2.21. The summed E-state index contributed by atoms with van der Waals surface area (Å²) in [5.41, 5.74) is 1.93. The van der Waals surface area contributed by atoms with Gasteiger partial charge in [-0.05, 0) is 12.0 Å². The molecule has 1 aromatic rings. The van der Waals surface area contributed by atoms with Crippen LogP contribution in [0.25, 0.3) is 0 Å². The van der Waals surface area contributed by atoms with Crippen LogP contribution in [0.2, 0.25) is 0 Å². The molecule has 0 aromatic heterocycles. The summed E-state index contributed by atoms with van der Waals surface area (Å²) in [6.45, 7) is 0.806. The molecule has 1 aliphatic rings. The highest BCUT2D eigenvalue weighted by atomic mass is 16.5. The molecule has 3 nitrogen and oxygen atoms in total. The molecule has 0 aliphatic carbocycles. The lowest BCUT2D eigenvalue weighted by molar-refractivity contribution is -0.136. The van der Waals surface area contributed by atoms with Crippen molar-refractivity contribution in [3.63, 3.8) is 0 Å². The largest absolute Gasteiger partial charge is 0.466 e. The predicted octanol–water partition coefficient (Wildman–Crippen LogP) is 1.82. The predicted molar refractivity (Wildman–Crippen MR) is 61.9 cm³/mol. The van der Waals surface area contributed by atoms with Gasteiger partial charge in [0.2, 0.25) is 0 Å². The summed E-state index contributed by atoms with van der Waals surface area (Å²) in [4.78, 5) is 11.4. The second kappa shape index (κ2) is 4.94. The lowest BCUT2D eigenvalue weighted by Crippen LogP contribution is -2.27. The van der Waals surface area contributed by atoms with Gasteiger partial charge >= 0.3 is 5.97 Å². The lowest BCUT2D eigenvalue weighted by atomic mass is 9.99. The molecule has 2 rings (SSSR count). The zero-order valence-electron chi connectivity index (χ0n) is 9.27. The van der Waals surface area contributed by atoms with E-state index < -0.39 is 0 Å². The minimum atomic E-state index is -0.220. The summed E-state index contributed by atoms with van der Waals surface area (Å²) in [6.07, 6.45) is 2.68. The summed E-state index contributed by atoms with van der Waals surface area (Å²) >= 11 is 0. The molecule has 0 saturated carbocycles. The van der Waals surface area contributed by atoms with Crippen LogP contribution in [0.4, 0.5) is 0 Å². The first-order valence-electron chi connectivity index (χ1n) is 5.38. The first kappa shape index (κ1) is 10.9. The van der Waals surface area contributed by atoms with Crippen molar-refractivity contribution in [3.8, 4) is 0 Å². The summed E-state index contributed by atoms with van der Waals surface area (Å²) in [5.74, 6) is -0.220. The Bertz CT molecular complexity index is 398. The Labute approximate surface area is 95.1 Å².